The van der Waals surface area contributed by atoms with E-state index in [4.69, 9.17) is 0 Å². The lowest BCUT2D eigenvalue weighted by molar-refractivity contribution is -0.132. The first kappa shape index (κ1) is 14.9. The molecule has 0 aliphatic carbocycles. The topological polar surface area (TPSA) is 64.7 Å². The van der Waals surface area contributed by atoms with Crippen LogP contribution >= 0.6 is 0 Å². The van der Waals surface area contributed by atoms with E-state index < -0.39 is 0 Å². The van der Waals surface area contributed by atoms with Crippen molar-refractivity contribution in [1.82, 2.24) is 20.4 Å². The summed E-state index contributed by atoms with van der Waals surface area (Å²) in [7, 11) is 3.87. The fourth-order valence-corrected chi connectivity index (χ4v) is 1.85. The van der Waals surface area contributed by atoms with E-state index in [2.05, 4.69) is 22.6 Å². The van der Waals surface area contributed by atoms with Crippen LogP contribution in [0.1, 0.15) is 12.8 Å². The zero-order valence-electron chi connectivity index (χ0n) is 11.4. The molecular formula is C12H24N4O2. The summed E-state index contributed by atoms with van der Waals surface area (Å²) < 4.78 is 0. The number of nitrogens with one attached hydrogen (secondary N) is 2. The van der Waals surface area contributed by atoms with Gasteiger partial charge in [0.25, 0.3) is 0 Å². The molecule has 2 amide bonds. The zero-order valence-corrected chi connectivity index (χ0v) is 11.4. The molecule has 1 fully saturated rings. The lowest BCUT2D eigenvalue weighted by Gasteiger charge is -2.32. The first-order chi connectivity index (χ1) is 8.63. The average molecular weight is 256 g/mol. The maximum atomic E-state index is 11.8. The number of nitrogens with zero attached hydrogens (tertiary/aromatic N) is 2. The minimum absolute atomic E-state index is 0.00414. The highest BCUT2D eigenvalue weighted by Gasteiger charge is 2.18. The van der Waals surface area contributed by atoms with Gasteiger partial charge in [-0.1, -0.05) is 0 Å². The van der Waals surface area contributed by atoms with Crippen molar-refractivity contribution in [3.8, 4) is 0 Å². The number of likely N-dealkylation sites (N-methyl/N-ethyl adjacent to an activating group) is 1. The van der Waals surface area contributed by atoms with Crippen LogP contribution < -0.4 is 10.6 Å². The van der Waals surface area contributed by atoms with Crippen LogP contribution in [0.4, 0.5) is 0 Å². The Balaban J connectivity index is 2.11. The number of carbonyl (C=O) groups excluding carboxylic acids is 2. The average Bonchev–Trinajstić information content (AvgIpc) is 2.37. The summed E-state index contributed by atoms with van der Waals surface area (Å²) in [5.74, 6) is 0.132. The maximum Gasteiger partial charge on any atom is 0.224 e. The monoisotopic (exact) mass is 256 g/mol. The second-order valence-corrected chi connectivity index (χ2v) is 4.64. The van der Waals surface area contributed by atoms with Crippen molar-refractivity contribution in [3.05, 3.63) is 0 Å². The molecule has 1 aliphatic heterocycles. The molecule has 0 radical (unpaired) electrons. The number of hydrogen-bond donors (Lipinski definition) is 2. The Morgan fingerprint density at radius 2 is 1.72 bits per heavy atom. The van der Waals surface area contributed by atoms with Crippen LogP contribution in [0.3, 0.4) is 0 Å². The molecule has 0 saturated carbocycles. The number of hydrogen-bond acceptors (Lipinski definition) is 4. The SMILES string of the molecule is CNCCC(=O)NCCC(=O)N1CCN(C)CC1. The van der Waals surface area contributed by atoms with Crippen molar-refractivity contribution in [3.63, 3.8) is 0 Å². The predicted octanol–water partition coefficient (Wildman–Crippen LogP) is -1.12. The molecule has 0 aromatic carbocycles. The maximum absolute atomic E-state index is 11.8. The van der Waals surface area contributed by atoms with E-state index in [0.29, 0.717) is 25.9 Å². The van der Waals surface area contributed by atoms with E-state index in [0.717, 1.165) is 26.2 Å². The summed E-state index contributed by atoms with van der Waals surface area (Å²) in [5, 5.41) is 5.67. The quantitative estimate of drug-likeness (QED) is 0.631. The standard InChI is InChI=1S/C12H24N4O2/c1-13-5-3-11(17)14-6-4-12(18)16-9-7-15(2)8-10-16/h13H,3-10H2,1-2H3,(H,14,17). The second kappa shape index (κ2) is 8.05. The van der Waals surface area contributed by atoms with Crippen molar-refractivity contribution in [1.29, 1.82) is 0 Å². The molecule has 1 saturated heterocycles. The lowest BCUT2D eigenvalue weighted by atomic mass is 10.3. The first-order valence-electron chi connectivity index (χ1n) is 6.51. The third kappa shape index (κ3) is 5.46. The van der Waals surface area contributed by atoms with E-state index in [1.54, 1.807) is 0 Å². The fourth-order valence-electron chi connectivity index (χ4n) is 1.85. The van der Waals surface area contributed by atoms with Crippen molar-refractivity contribution in [2.75, 3.05) is 53.4 Å². The molecule has 18 heavy (non-hydrogen) atoms. The van der Waals surface area contributed by atoms with E-state index in [1.165, 1.54) is 0 Å². The lowest BCUT2D eigenvalue weighted by Crippen LogP contribution is -2.47. The van der Waals surface area contributed by atoms with Crippen LogP contribution in [-0.4, -0.2) is 75.0 Å². The fraction of sp³-hybridized carbons (Fsp3) is 0.833. The molecule has 1 heterocycles. The molecule has 0 unspecified atom stereocenters. The Bertz CT molecular complexity index is 275. The van der Waals surface area contributed by atoms with Gasteiger partial charge in [-0.2, -0.15) is 0 Å². The molecule has 1 aliphatic rings. The van der Waals surface area contributed by atoms with Gasteiger partial charge in [-0.15, -0.1) is 0 Å². The van der Waals surface area contributed by atoms with Crippen molar-refractivity contribution >= 4 is 11.8 Å². The van der Waals surface area contributed by atoms with Crippen LogP contribution in [-0.2, 0) is 9.59 Å². The van der Waals surface area contributed by atoms with Gasteiger partial charge in [-0.25, -0.2) is 0 Å². The highest BCUT2D eigenvalue weighted by molar-refractivity contribution is 5.79. The molecule has 0 aromatic rings. The van der Waals surface area contributed by atoms with Gasteiger partial charge in [0.05, 0.1) is 0 Å². The summed E-state index contributed by atoms with van der Waals surface area (Å²) in [5.41, 5.74) is 0. The van der Waals surface area contributed by atoms with Crippen LogP contribution in [0.25, 0.3) is 0 Å². The minimum Gasteiger partial charge on any atom is -0.356 e. The predicted molar refractivity (Wildman–Crippen MR) is 70.2 cm³/mol. The van der Waals surface area contributed by atoms with Crippen molar-refractivity contribution in [2.45, 2.75) is 12.8 Å². The number of amides is 2. The van der Waals surface area contributed by atoms with Crippen LogP contribution in [0.2, 0.25) is 0 Å². The zero-order chi connectivity index (χ0) is 13.4. The summed E-state index contributed by atoms with van der Waals surface area (Å²) in [6, 6.07) is 0. The van der Waals surface area contributed by atoms with Gasteiger partial charge in [-0.05, 0) is 14.1 Å². The summed E-state index contributed by atoms with van der Waals surface area (Å²) in [4.78, 5) is 27.3. The summed E-state index contributed by atoms with van der Waals surface area (Å²) >= 11 is 0. The molecule has 6 heteroatoms. The van der Waals surface area contributed by atoms with Gasteiger partial charge in [-0.3, -0.25) is 9.59 Å². The Morgan fingerprint density at radius 3 is 2.33 bits per heavy atom. The van der Waals surface area contributed by atoms with Crippen molar-refractivity contribution < 1.29 is 9.59 Å². The van der Waals surface area contributed by atoms with Gasteiger partial charge >= 0.3 is 0 Å². The second-order valence-electron chi connectivity index (χ2n) is 4.64. The molecule has 0 aromatic heterocycles. The number of carbonyl (C=O) groups is 2. The normalized spacial score (nSPS) is 16.7. The molecule has 104 valence electrons. The molecule has 0 atom stereocenters. The number of rotatable bonds is 6. The third-order valence-corrected chi connectivity index (χ3v) is 3.12. The van der Waals surface area contributed by atoms with E-state index in [-0.39, 0.29) is 11.8 Å². The molecule has 0 spiro atoms. The summed E-state index contributed by atoms with van der Waals surface area (Å²) in [6.07, 6.45) is 0.855. The molecule has 2 N–H and O–H groups in total. The minimum atomic E-state index is -0.00414. The highest BCUT2D eigenvalue weighted by Crippen LogP contribution is 2.01. The Kier molecular flexibility index (Phi) is 6.67. The van der Waals surface area contributed by atoms with Gasteiger partial charge in [0.2, 0.25) is 11.8 Å². The van der Waals surface area contributed by atoms with Crippen LogP contribution in [0.5, 0.6) is 0 Å². The van der Waals surface area contributed by atoms with Crippen LogP contribution in [0, 0.1) is 0 Å². The summed E-state index contributed by atoms with van der Waals surface area (Å²) in [6.45, 7) is 4.55. The third-order valence-electron chi connectivity index (χ3n) is 3.12. The van der Waals surface area contributed by atoms with Gasteiger partial charge in [0, 0.05) is 52.1 Å². The Hall–Kier alpha value is -1.14. The van der Waals surface area contributed by atoms with Crippen LogP contribution in [0.15, 0.2) is 0 Å². The first-order valence-corrected chi connectivity index (χ1v) is 6.51. The Labute approximate surface area is 109 Å². The number of piperazine rings is 1. The van der Waals surface area contributed by atoms with Gasteiger partial charge < -0.3 is 20.4 Å². The molecule has 0 bridgehead atoms. The smallest absolute Gasteiger partial charge is 0.224 e. The molecule has 1 rings (SSSR count). The largest absolute Gasteiger partial charge is 0.356 e. The Morgan fingerprint density at radius 1 is 1.06 bits per heavy atom. The van der Waals surface area contributed by atoms with E-state index in [1.807, 2.05) is 11.9 Å². The van der Waals surface area contributed by atoms with E-state index in [9.17, 15) is 9.59 Å². The molecular weight excluding hydrogens is 232 g/mol. The highest BCUT2D eigenvalue weighted by atomic mass is 16.2. The van der Waals surface area contributed by atoms with Gasteiger partial charge in [0.1, 0.15) is 0 Å². The van der Waals surface area contributed by atoms with Gasteiger partial charge in [0.15, 0.2) is 0 Å². The van der Waals surface area contributed by atoms with Crippen molar-refractivity contribution in [2.24, 2.45) is 0 Å². The van der Waals surface area contributed by atoms with E-state index >= 15 is 0 Å². The molecule has 6 nitrogen and oxygen atoms in total.